The molecule has 1 amide bonds. The third kappa shape index (κ3) is 3.59. The van der Waals surface area contributed by atoms with E-state index in [9.17, 15) is 4.79 Å². The van der Waals surface area contributed by atoms with Crippen molar-refractivity contribution >= 4 is 5.91 Å². The summed E-state index contributed by atoms with van der Waals surface area (Å²) in [5.41, 5.74) is 2.58. The predicted molar refractivity (Wildman–Crippen MR) is 88.4 cm³/mol. The van der Waals surface area contributed by atoms with E-state index in [1.165, 1.54) is 0 Å². The molecule has 2 atom stereocenters. The summed E-state index contributed by atoms with van der Waals surface area (Å²) < 4.78 is 1.77. The first-order valence-electron chi connectivity index (χ1n) is 8.12. The van der Waals surface area contributed by atoms with Gasteiger partial charge in [0.05, 0.1) is 23.5 Å². The maximum absolute atomic E-state index is 12.3. The van der Waals surface area contributed by atoms with Gasteiger partial charge in [0.25, 0.3) is 0 Å². The highest BCUT2D eigenvalue weighted by Gasteiger charge is 2.23. The summed E-state index contributed by atoms with van der Waals surface area (Å²) in [6, 6.07) is 10.0. The van der Waals surface area contributed by atoms with Crippen LogP contribution in [-0.2, 0) is 11.2 Å². The first-order chi connectivity index (χ1) is 11.1. The molecule has 1 aliphatic rings. The van der Waals surface area contributed by atoms with Gasteiger partial charge in [-0.25, -0.2) is 4.68 Å². The Kier molecular flexibility index (Phi) is 4.71. The number of nitrogens with zero attached hydrogens (tertiary/aromatic N) is 3. The van der Waals surface area contributed by atoms with Crippen molar-refractivity contribution < 1.29 is 4.79 Å². The number of hydrogen-bond acceptors (Lipinski definition) is 4. The Morgan fingerprint density at radius 3 is 2.91 bits per heavy atom. The number of amides is 1. The van der Waals surface area contributed by atoms with Crippen LogP contribution in [0.25, 0.3) is 5.69 Å². The van der Waals surface area contributed by atoms with Crippen LogP contribution in [0.3, 0.4) is 0 Å². The van der Waals surface area contributed by atoms with E-state index in [-0.39, 0.29) is 18.4 Å². The van der Waals surface area contributed by atoms with E-state index in [2.05, 4.69) is 27.9 Å². The molecule has 2 N–H and O–H groups in total. The molecule has 0 bridgehead atoms. The number of hydrogen-bond donors (Lipinski definition) is 2. The Balaban J connectivity index is 1.66. The monoisotopic (exact) mass is 313 g/mol. The van der Waals surface area contributed by atoms with E-state index in [0.29, 0.717) is 5.92 Å². The number of rotatable bonds is 4. The van der Waals surface area contributed by atoms with Crippen molar-refractivity contribution in [2.75, 3.05) is 13.1 Å². The summed E-state index contributed by atoms with van der Waals surface area (Å²) in [4.78, 5) is 12.3. The second-order valence-electron chi connectivity index (χ2n) is 6.19. The molecule has 0 saturated carbocycles. The molecule has 122 valence electrons. The molecule has 0 aliphatic carbocycles. The molecular weight excluding hydrogens is 290 g/mol. The second kappa shape index (κ2) is 6.91. The molecular formula is C17H23N5O. The minimum absolute atomic E-state index is 0.00811. The normalized spacial score (nSPS) is 21.1. The fourth-order valence-corrected chi connectivity index (χ4v) is 2.93. The Bertz CT molecular complexity index is 667. The van der Waals surface area contributed by atoms with Crippen LogP contribution >= 0.6 is 0 Å². The maximum Gasteiger partial charge on any atom is 0.226 e. The lowest BCUT2D eigenvalue weighted by molar-refractivity contribution is -0.121. The van der Waals surface area contributed by atoms with E-state index in [1.807, 2.05) is 37.3 Å². The largest absolute Gasteiger partial charge is 0.351 e. The summed E-state index contributed by atoms with van der Waals surface area (Å²) in [6.07, 6.45) is 1.36. The quantitative estimate of drug-likeness (QED) is 0.890. The zero-order valence-electron chi connectivity index (χ0n) is 13.6. The predicted octanol–water partition coefficient (Wildman–Crippen LogP) is 1.23. The van der Waals surface area contributed by atoms with Crippen molar-refractivity contribution in [3.63, 3.8) is 0 Å². The summed E-state index contributed by atoms with van der Waals surface area (Å²) in [7, 11) is 0. The number of benzene rings is 1. The van der Waals surface area contributed by atoms with Gasteiger partial charge in [-0.05, 0) is 37.9 Å². The van der Waals surface area contributed by atoms with E-state index in [4.69, 9.17) is 0 Å². The number of aromatic nitrogens is 3. The van der Waals surface area contributed by atoms with Gasteiger partial charge in [0.15, 0.2) is 0 Å². The number of carbonyl (C=O) groups is 1. The van der Waals surface area contributed by atoms with E-state index >= 15 is 0 Å². The second-order valence-corrected chi connectivity index (χ2v) is 6.19. The van der Waals surface area contributed by atoms with Crippen molar-refractivity contribution in [1.82, 2.24) is 25.6 Å². The highest BCUT2D eigenvalue weighted by Crippen LogP contribution is 2.14. The molecule has 1 saturated heterocycles. The lowest BCUT2D eigenvalue weighted by atomic mass is 9.94. The molecule has 6 heteroatoms. The Morgan fingerprint density at radius 1 is 1.39 bits per heavy atom. The van der Waals surface area contributed by atoms with Gasteiger partial charge in [0.2, 0.25) is 5.91 Å². The van der Waals surface area contributed by atoms with Crippen LogP contribution in [-0.4, -0.2) is 40.0 Å². The fraction of sp³-hybridized carbons (Fsp3) is 0.471. The van der Waals surface area contributed by atoms with Crippen LogP contribution in [0.15, 0.2) is 30.3 Å². The van der Waals surface area contributed by atoms with Crippen molar-refractivity contribution in [3.8, 4) is 5.69 Å². The number of carbonyl (C=O) groups excluding carboxylic acids is 1. The summed E-state index contributed by atoms with van der Waals surface area (Å²) in [5.74, 6) is 0.509. The fourth-order valence-electron chi connectivity index (χ4n) is 2.93. The van der Waals surface area contributed by atoms with Crippen molar-refractivity contribution in [2.24, 2.45) is 5.92 Å². The molecule has 6 nitrogen and oxygen atoms in total. The molecule has 1 aliphatic heterocycles. The lowest BCUT2D eigenvalue weighted by Gasteiger charge is -2.30. The number of piperidine rings is 1. The van der Waals surface area contributed by atoms with Gasteiger partial charge in [-0.15, -0.1) is 5.10 Å². The van der Waals surface area contributed by atoms with Gasteiger partial charge in [-0.2, -0.15) is 0 Å². The number of nitrogens with one attached hydrogen (secondary N) is 2. The molecule has 1 fully saturated rings. The highest BCUT2D eigenvalue weighted by atomic mass is 16.1. The summed E-state index contributed by atoms with van der Waals surface area (Å²) >= 11 is 0. The molecule has 2 aromatic rings. The molecule has 3 rings (SSSR count). The Morgan fingerprint density at radius 2 is 2.17 bits per heavy atom. The van der Waals surface area contributed by atoms with Gasteiger partial charge in [0.1, 0.15) is 0 Å². The summed E-state index contributed by atoms with van der Waals surface area (Å²) in [6.45, 7) is 5.99. The van der Waals surface area contributed by atoms with E-state index < -0.39 is 0 Å². The topological polar surface area (TPSA) is 71.8 Å². The van der Waals surface area contributed by atoms with Gasteiger partial charge in [-0.3, -0.25) is 4.79 Å². The van der Waals surface area contributed by atoms with Crippen LogP contribution in [0.1, 0.15) is 24.7 Å². The van der Waals surface area contributed by atoms with Gasteiger partial charge in [-0.1, -0.05) is 30.3 Å². The van der Waals surface area contributed by atoms with E-state index in [0.717, 1.165) is 36.6 Å². The average molecular weight is 313 g/mol. The molecule has 0 spiro atoms. The minimum Gasteiger partial charge on any atom is -0.351 e. The van der Waals surface area contributed by atoms with Crippen LogP contribution in [0.2, 0.25) is 0 Å². The zero-order valence-corrected chi connectivity index (χ0v) is 13.6. The van der Waals surface area contributed by atoms with Crippen molar-refractivity contribution in [3.05, 3.63) is 41.7 Å². The molecule has 1 aromatic carbocycles. The molecule has 23 heavy (non-hydrogen) atoms. The van der Waals surface area contributed by atoms with Gasteiger partial charge >= 0.3 is 0 Å². The van der Waals surface area contributed by atoms with Crippen molar-refractivity contribution in [2.45, 2.75) is 32.7 Å². The molecule has 2 unspecified atom stereocenters. The SMILES string of the molecule is Cc1c(CC(=O)NC2CNCCC2C)nnn1-c1ccccc1. The first-order valence-corrected chi connectivity index (χ1v) is 8.12. The van der Waals surface area contributed by atoms with Crippen LogP contribution in [0.4, 0.5) is 0 Å². The molecule has 0 radical (unpaired) electrons. The zero-order chi connectivity index (χ0) is 16.2. The smallest absolute Gasteiger partial charge is 0.226 e. The van der Waals surface area contributed by atoms with Crippen molar-refractivity contribution in [1.29, 1.82) is 0 Å². The summed E-state index contributed by atoms with van der Waals surface area (Å²) in [5, 5.41) is 14.8. The average Bonchev–Trinajstić information content (AvgIpc) is 2.91. The van der Waals surface area contributed by atoms with Gasteiger partial charge in [0, 0.05) is 12.6 Å². The van der Waals surface area contributed by atoms with E-state index in [1.54, 1.807) is 4.68 Å². The Labute approximate surface area is 136 Å². The van der Waals surface area contributed by atoms with Crippen LogP contribution in [0, 0.1) is 12.8 Å². The molecule has 1 aromatic heterocycles. The van der Waals surface area contributed by atoms with Gasteiger partial charge < -0.3 is 10.6 Å². The highest BCUT2D eigenvalue weighted by molar-refractivity contribution is 5.78. The van der Waals surface area contributed by atoms with Crippen LogP contribution < -0.4 is 10.6 Å². The molecule has 2 heterocycles. The third-order valence-electron chi connectivity index (χ3n) is 4.49. The first kappa shape index (κ1) is 15.7. The maximum atomic E-state index is 12.3. The number of para-hydroxylation sites is 1. The minimum atomic E-state index is 0.00811. The third-order valence-corrected chi connectivity index (χ3v) is 4.49. The lowest BCUT2D eigenvalue weighted by Crippen LogP contribution is -2.50. The standard InChI is InChI=1S/C17H23N5O/c1-12-8-9-18-11-16(12)19-17(23)10-15-13(2)22(21-20-15)14-6-4-3-5-7-14/h3-7,12,16,18H,8-11H2,1-2H3,(H,19,23). The Hall–Kier alpha value is -2.21. The van der Waals surface area contributed by atoms with Crippen LogP contribution in [0.5, 0.6) is 0 Å².